The number of benzene rings is 2. The summed E-state index contributed by atoms with van der Waals surface area (Å²) in [5.74, 6) is -0.0165. The summed E-state index contributed by atoms with van der Waals surface area (Å²) in [6, 6.07) is 15.5. The van der Waals surface area contributed by atoms with Crippen molar-refractivity contribution in [1.29, 1.82) is 0 Å². The van der Waals surface area contributed by atoms with Crippen LogP contribution in [-0.4, -0.2) is 42.4 Å². The molecule has 1 saturated heterocycles. The highest BCUT2D eigenvalue weighted by molar-refractivity contribution is 5.94. The Bertz CT molecular complexity index is 796. The zero-order chi connectivity index (χ0) is 19.2. The minimum Gasteiger partial charge on any atom is -0.349 e. The molecule has 1 aliphatic heterocycles. The van der Waals surface area contributed by atoms with Crippen molar-refractivity contribution >= 4 is 17.5 Å². The van der Waals surface area contributed by atoms with E-state index in [0.29, 0.717) is 12.1 Å². The number of carbonyl (C=O) groups excluding carboxylic acids is 2. The monoisotopic (exact) mass is 365 g/mol. The van der Waals surface area contributed by atoms with Crippen molar-refractivity contribution in [3.05, 3.63) is 65.2 Å². The number of amides is 2. The van der Waals surface area contributed by atoms with Crippen LogP contribution < -0.4 is 10.6 Å². The van der Waals surface area contributed by atoms with E-state index in [-0.39, 0.29) is 17.9 Å². The highest BCUT2D eigenvalue weighted by Gasteiger charge is 2.22. The van der Waals surface area contributed by atoms with E-state index in [2.05, 4.69) is 15.5 Å². The lowest BCUT2D eigenvalue weighted by atomic mass is 10.0. The number of aryl methyl sites for hydroxylation is 2. The Labute approximate surface area is 160 Å². The summed E-state index contributed by atoms with van der Waals surface area (Å²) >= 11 is 0. The average molecular weight is 365 g/mol. The third-order valence-electron chi connectivity index (χ3n) is 4.99. The van der Waals surface area contributed by atoms with Gasteiger partial charge in [0.2, 0.25) is 5.91 Å². The van der Waals surface area contributed by atoms with Gasteiger partial charge in [-0.15, -0.1) is 0 Å². The summed E-state index contributed by atoms with van der Waals surface area (Å²) in [7, 11) is 0. The Hall–Kier alpha value is -2.66. The Morgan fingerprint density at radius 3 is 2.44 bits per heavy atom. The molecule has 2 N–H and O–H groups in total. The molecular weight excluding hydrogens is 338 g/mol. The van der Waals surface area contributed by atoms with Gasteiger partial charge in [-0.3, -0.25) is 14.5 Å². The molecule has 0 spiro atoms. The third-order valence-corrected chi connectivity index (χ3v) is 4.99. The molecule has 0 atom stereocenters. The van der Waals surface area contributed by atoms with Gasteiger partial charge in [-0.05, 0) is 56.0 Å². The van der Waals surface area contributed by atoms with Gasteiger partial charge >= 0.3 is 0 Å². The topological polar surface area (TPSA) is 61.4 Å². The van der Waals surface area contributed by atoms with Gasteiger partial charge in [0.1, 0.15) is 0 Å². The van der Waals surface area contributed by atoms with Gasteiger partial charge in [0, 0.05) is 30.4 Å². The second-order valence-corrected chi connectivity index (χ2v) is 7.26. The first-order valence-corrected chi connectivity index (χ1v) is 9.46. The smallest absolute Gasteiger partial charge is 0.251 e. The first kappa shape index (κ1) is 19.1. The largest absolute Gasteiger partial charge is 0.349 e. The molecule has 5 nitrogen and oxygen atoms in total. The fourth-order valence-corrected chi connectivity index (χ4v) is 3.36. The van der Waals surface area contributed by atoms with Gasteiger partial charge in [-0.2, -0.15) is 0 Å². The molecule has 0 aromatic heterocycles. The molecule has 0 aliphatic carbocycles. The van der Waals surface area contributed by atoms with Crippen molar-refractivity contribution in [2.75, 3.05) is 25.0 Å². The Balaban J connectivity index is 1.44. The molecule has 142 valence electrons. The van der Waals surface area contributed by atoms with E-state index in [1.807, 2.05) is 62.4 Å². The maximum atomic E-state index is 12.4. The van der Waals surface area contributed by atoms with Crippen LogP contribution in [0, 0.1) is 13.8 Å². The lowest BCUT2D eigenvalue weighted by Crippen LogP contribution is -2.46. The van der Waals surface area contributed by atoms with Crippen molar-refractivity contribution < 1.29 is 9.59 Å². The van der Waals surface area contributed by atoms with Crippen LogP contribution in [0.4, 0.5) is 5.69 Å². The zero-order valence-electron chi connectivity index (χ0n) is 16.0. The van der Waals surface area contributed by atoms with Gasteiger partial charge < -0.3 is 10.6 Å². The molecule has 2 aromatic rings. The Kier molecular flexibility index (Phi) is 6.24. The van der Waals surface area contributed by atoms with Gasteiger partial charge in [0.15, 0.2) is 0 Å². The number of hydrogen-bond acceptors (Lipinski definition) is 3. The van der Waals surface area contributed by atoms with Crippen LogP contribution in [0.2, 0.25) is 0 Å². The number of rotatable bonds is 5. The Morgan fingerprint density at radius 2 is 1.74 bits per heavy atom. The molecule has 0 unspecified atom stereocenters. The molecule has 1 heterocycles. The van der Waals surface area contributed by atoms with E-state index in [1.54, 1.807) is 0 Å². The van der Waals surface area contributed by atoms with E-state index in [1.165, 1.54) is 0 Å². The molecule has 1 aliphatic rings. The molecule has 2 amide bonds. The van der Waals surface area contributed by atoms with Gasteiger partial charge in [-0.25, -0.2) is 0 Å². The zero-order valence-corrected chi connectivity index (χ0v) is 16.0. The van der Waals surface area contributed by atoms with E-state index in [4.69, 9.17) is 0 Å². The van der Waals surface area contributed by atoms with Crippen LogP contribution in [-0.2, 0) is 4.79 Å². The first-order valence-electron chi connectivity index (χ1n) is 9.46. The number of carbonyl (C=O) groups is 2. The van der Waals surface area contributed by atoms with Crippen LogP contribution in [0.25, 0.3) is 0 Å². The first-order chi connectivity index (χ1) is 13.0. The number of hydrogen-bond donors (Lipinski definition) is 2. The standard InChI is InChI=1S/C22H27N3O2/c1-16-8-9-17(2)20(14-16)24-21(26)15-25-12-10-19(11-13-25)23-22(27)18-6-4-3-5-7-18/h3-9,14,19H,10-13,15H2,1-2H3,(H,23,27)(H,24,26). The highest BCUT2D eigenvalue weighted by atomic mass is 16.2. The van der Waals surface area contributed by atoms with Gasteiger partial charge in [0.25, 0.3) is 5.91 Å². The number of piperidine rings is 1. The van der Waals surface area contributed by atoms with Crippen molar-refractivity contribution in [3.63, 3.8) is 0 Å². The normalized spacial score (nSPS) is 15.3. The van der Waals surface area contributed by atoms with Crippen molar-refractivity contribution in [1.82, 2.24) is 10.2 Å². The fraction of sp³-hybridized carbons (Fsp3) is 0.364. The summed E-state index contributed by atoms with van der Waals surface area (Å²) in [5, 5.41) is 6.11. The third kappa shape index (κ3) is 5.41. The minimum atomic E-state index is -0.0262. The SMILES string of the molecule is Cc1ccc(C)c(NC(=O)CN2CCC(NC(=O)c3ccccc3)CC2)c1. The predicted molar refractivity (Wildman–Crippen MR) is 108 cm³/mol. The summed E-state index contributed by atoms with van der Waals surface area (Å²) in [6.07, 6.45) is 1.71. The van der Waals surface area contributed by atoms with Crippen LogP contribution in [0.3, 0.4) is 0 Å². The second-order valence-electron chi connectivity index (χ2n) is 7.26. The minimum absolute atomic E-state index is 0.00970. The highest BCUT2D eigenvalue weighted by Crippen LogP contribution is 2.17. The Morgan fingerprint density at radius 1 is 1.04 bits per heavy atom. The van der Waals surface area contributed by atoms with E-state index in [0.717, 1.165) is 42.7 Å². The van der Waals surface area contributed by atoms with E-state index < -0.39 is 0 Å². The molecule has 5 heteroatoms. The van der Waals surface area contributed by atoms with Crippen molar-refractivity contribution in [2.24, 2.45) is 0 Å². The second kappa shape index (κ2) is 8.82. The average Bonchev–Trinajstić information content (AvgIpc) is 2.67. The van der Waals surface area contributed by atoms with Gasteiger partial charge in [0.05, 0.1) is 6.54 Å². The fourth-order valence-electron chi connectivity index (χ4n) is 3.36. The lowest BCUT2D eigenvalue weighted by Gasteiger charge is -2.31. The predicted octanol–water partition coefficient (Wildman–Crippen LogP) is 3.14. The van der Waals surface area contributed by atoms with Crippen LogP contribution >= 0.6 is 0 Å². The van der Waals surface area contributed by atoms with Crippen molar-refractivity contribution in [2.45, 2.75) is 32.7 Å². The summed E-state index contributed by atoms with van der Waals surface area (Å²) in [6.45, 7) is 6.01. The molecule has 0 saturated carbocycles. The summed E-state index contributed by atoms with van der Waals surface area (Å²) in [5.41, 5.74) is 3.76. The van der Waals surface area contributed by atoms with Crippen molar-refractivity contribution in [3.8, 4) is 0 Å². The maximum Gasteiger partial charge on any atom is 0.251 e. The molecule has 27 heavy (non-hydrogen) atoms. The number of nitrogens with one attached hydrogen (secondary N) is 2. The molecule has 3 rings (SSSR count). The van der Waals surface area contributed by atoms with Crippen LogP contribution in [0.5, 0.6) is 0 Å². The number of likely N-dealkylation sites (tertiary alicyclic amines) is 1. The van der Waals surface area contributed by atoms with Crippen LogP contribution in [0.1, 0.15) is 34.3 Å². The number of anilines is 1. The molecule has 0 bridgehead atoms. The quantitative estimate of drug-likeness (QED) is 0.856. The number of nitrogens with zero attached hydrogens (tertiary/aromatic N) is 1. The maximum absolute atomic E-state index is 12.4. The summed E-state index contributed by atoms with van der Waals surface area (Å²) in [4.78, 5) is 26.8. The molecule has 2 aromatic carbocycles. The van der Waals surface area contributed by atoms with E-state index in [9.17, 15) is 9.59 Å². The summed E-state index contributed by atoms with van der Waals surface area (Å²) < 4.78 is 0. The molecule has 0 radical (unpaired) electrons. The molecule has 1 fully saturated rings. The molecular formula is C22H27N3O2. The lowest BCUT2D eigenvalue weighted by molar-refractivity contribution is -0.117. The van der Waals surface area contributed by atoms with Crippen LogP contribution in [0.15, 0.2) is 48.5 Å². The van der Waals surface area contributed by atoms with Gasteiger partial charge in [-0.1, -0.05) is 30.3 Å². The van der Waals surface area contributed by atoms with E-state index >= 15 is 0 Å².